The zero-order valence-corrected chi connectivity index (χ0v) is 16.9. The monoisotopic (exact) mass is 427 g/mol. The number of halogens is 3. The van der Waals surface area contributed by atoms with E-state index in [0.29, 0.717) is 35.9 Å². The van der Waals surface area contributed by atoms with Gasteiger partial charge >= 0.3 is 12.2 Å². The Morgan fingerprint density at radius 3 is 2.68 bits per heavy atom. The summed E-state index contributed by atoms with van der Waals surface area (Å²) in [4.78, 5) is 26.9. The van der Waals surface area contributed by atoms with E-state index in [9.17, 15) is 18.0 Å². The fourth-order valence-corrected chi connectivity index (χ4v) is 3.57. The minimum Gasteiger partial charge on any atom is -0.292 e. The summed E-state index contributed by atoms with van der Waals surface area (Å²) < 4.78 is 39.4. The molecule has 160 valence electrons. The van der Waals surface area contributed by atoms with Crippen LogP contribution >= 0.6 is 0 Å². The smallest absolute Gasteiger partial charge is 0.292 e. The lowest BCUT2D eigenvalue weighted by Crippen LogP contribution is -2.44. The van der Waals surface area contributed by atoms with Gasteiger partial charge in [0.25, 0.3) is 0 Å². The normalized spacial score (nSPS) is 15.3. The van der Waals surface area contributed by atoms with Crippen LogP contribution in [0.5, 0.6) is 0 Å². The topological polar surface area (TPSA) is 71.0 Å². The Hall–Kier alpha value is -3.49. The number of urea groups is 1. The molecule has 6 nitrogen and oxygen atoms in total. The first-order chi connectivity index (χ1) is 14.6. The van der Waals surface area contributed by atoms with Crippen molar-refractivity contribution in [3.8, 4) is 11.3 Å². The summed E-state index contributed by atoms with van der Waals surface area (Å²) in [5, 5.41) is 2.72. The number of nitrogens with one attached hydrogen (secondary N) is 1. The number of nitrogens with zero attached hydrogens (tertiary/aromatic N) is 4. The number of fused-ring (bicyclic) bond motifs is 1. The summed E-state index contributed by atoms with van der Waals surface area (Å²) in [6.07, 6.45) is -0.899. The van der Waals surface area contributed by atoms with Gasteiger partial charge in [-0.1, -0.05) is 32.0 Å². The van der Waals surface area contributed by atoms with E-state index >= 15 is 0 Å². The van der Waals surface area contributed by atoms with E-state index in [1.165, 1.54) is 23.5 Å². The molecule has 1 aliphatic rings. The van der Waals surface area contributed by atoms with Crippen LogP contribution in [0.3, 0.4) is 0 Å². The number of rotatable bonds is 2. The van der Waals surface area contributed by atoms with E-state index in [4.69, 9.17) is 0 Å². The predicted octanol–water partition coefficient (Wildman–Crippen LogP) is 5.28. The Morgan fingerprint density at radius 2 is 1.97 bits per heavy atom. The van der Waals surface area contributed by atoms with Crippen molar-refractivity contribution in [3.63, 3.8) is 0 Å². The lowest BCUT2D eigenvalue weighted by Gasteiger charge is -2.38. The van der Waals surface area contributed by atoms with Gasteiger partial charge in [-0.2, -0.15) is 13.2 Å². The molecule has 0 radical (unpaired) electrons. The molecule has 0 unspecified atom stereocenters. The van der Waals surface area contributed by atoms with Crippen LogP contribution in [0.2, 0.25) is 0 Å². The molecule has 0 bridgehead atoms. The van der Waals surface area contributed by atoms with E-state index in [-0.39, 0.29) is 5.41 Å². The summed E-state index contributed by atoms with van der Waals surface area (Å²) in [6.45, 7) is 4.52. The quantitative estimate of drug-likeness (QED) is 0.604. The molecule has 0 saturated carbocycles. The fraction of sp³-hybridized carbons (Fsp3) is 0.273. The zero-order chi connectivity index (χ0) is 22.2. The molecule has 31 heavy (non-hydrogen) atoms. The van der Waals surface area contributed by atoms with Crippen molar-refractivity contribution in [2.75, 3.05) is 16.8 Å². The van der Waals surface area contributed by atoms with Crippen LogP contribution in [0, 0.1) is 0 Å². The molecule has 3 aromatic rings. The summed E-state index contributed by atoms with van der Waals surface area (Å²) in [5.41, 5.74) is 0.565. The van der Waals surface area contributed by atoms with Crippen molar-refractivity contribution < 1.29 is 18.0 Å². The third-order valence-corrected chi connectivity index (χ3v) is 5.37. The number of hydrogen-bond donors (Lipinski definition) is 1. The maximum atomic E-state index is 13.1. The summed E-state index contributed by atoms with van der Waals surface area (Å²) in [6, 6.07) is 9.69. The van der Waals surface area contributed by atoms with Crippen molar-refractivity contribution in [1.82, 2.24) is 15.0 Å². The third-order valence-electron chi connectivity index (χ3n) is 5.37. The molecule has 3 heterocycles. The molecule has 0 saturated heterocycles. The summed E-state index contributed by atoms with van der Waals surface area (Å²) in [5.74, 6) is 0.776. The van der Waals surface area contributed by atoms with Gasteiger partial charge in [0.05, 0.1) is 11.3 Å². The average Bonchev–Trinajstić information content (AvgIpc) is 2.73. The Morgan fingerprint density at radius 1 is 1.16 bits per heavy atom. The maximum Gasteiger partial charge on any atom is 0.416 e. The molecule has 0 aliphatic carbocycles. The maximum absolute atomic E-state index is 13.1. The van der Waals surface area contributed by atoms with E-state index in [0.717, 1.165) is 17.7 Å². The van der Waals surface area contributed by atoms with Gasteiger partial charge in [-0.15, -0.1) is 0 Å². The van der Waals surface area contributed by atoms with Gasteiger partial charge in [-0.05, 0) is 36.1 Å². The Balaban J connectivity index is 1.73. The first-order valence-electron chi connectivity index (χ1n) is 9.69. The molecule has 9 heteroatoms. The SMILES string of the molecule is CC1(C)CCN(C(=O)Nc2ccncn2)c2nc(-c3cccc(C(F)(F)F)c3)ccc21. The first kappa shape index (κ1) is 20.8. The average molecular weight is 427 g/mol. The van der Waals surface area contributed by atoms with Gasteiger partial charge < -0.3 is 0 Å². The molecule has 1 aliphatic heterocycles. The summed E-state index contributed by atoms with van der Waals surface area (Å²) in [7, 11) is 0. The zero-order valence-electron chi connectivity index (χ0n) is 16.9. The molecule has 2 amide bonds. The molecule has 4 rings (SSSR count). The van der Waals surface area contributed by atoms with Crippen molar-refractivity contribution in [1.29, 1.82) is 0 Å². The third kappa shape index (κ3) is 4.21. The fourth-order valence-electron chi connectivity index (χ4n) is 3.57. The van der Waals surface area contributed by atoms with Gasteiger partial charge in [0.15, 0.2) is 0 Å². The molecule has 2 aromatic heterocycles. The highest BCUT2D eigenvalue weighted by Crippen LogP contribution is 2.40. The first-order valence-corrected chi connectivity index (χ1v) is 9.69. The van der Waals surface area contributed by atoms with Crippen LogP contribution in [0.4, 0.5) is 29.6 Å². The number of alkyl halides is 3. The van der Waals surface area contributed by atoms with Gasteiger partial charge in [0.1, 0.15) is 18.0 Å². The Labute approximate surface area is 177 Å². The van der Waals surface area contributed by atoms with Crippen LogP contribution in [-0.2, 0) is 11.6 Å². The number of carbonyl (C=O) groups is 1. The minimum atomic E-state index is -4.45. The van der Waals surface area contributed by atoms with Crippen LogP contribution in [-0.4, -0.2) is 27.5 Å². The molecule has 1 N–H and O–H groups in total. The number of anilines is 2. The van der Waals surface area contributed by atoms with Gasteiger partial charge in [-0.25, -0.2) is 19.7 Å². The predicted molar refractivity (Wildman–Crippen MR) is 111 cm³/mol. The van der Waals surface area contributed by atoms with Gasteiger partial charge in [-0.3, -0.25) is 10.2 Å². The highest BCUT2D eigenvalue weighted by atomic mass is 19.4. The highest BCUT2D eigenvalue weighted by Gasteiger charge is 2.36. The van der Waals surface area contributed by atoms with Crippen molar-refractivity contribution in [2.45, 2.75) is 31.9 Å². The largest absolute Gasteiger partial charge is 0.416 e. The molecule has 0 atom stereocenters. The van der Waals surface area contributed by atoms with Crippen LogP contribution < -0.4 is 10.2 Å². The van der Waals surface area contributed by atoms with Crippen molar-refractivity contribution >= 4 is 17.7 Å². The van der Waals surface area contributed by atoms with Crippen LogP contribution in [0.15, 0.2) is 55.0 Å². The number of pyridine rings is 1. The van der Waals surface area contributed by atoms with Crippen LogP contribution in [0.1, 0.15) is 31.4 Å². The number of aromatic nitrogens is 3. The lowest BCUT2D eigenvalue weighted by atomic mass is 9.79. The number of benzene rings is 1. The van der Waals surface area contributed by atoms with Crippen molar-refractivity contribution in [3.05, 3.63) is 66.1 Å². The number of amides is 2. The molecule has 0 spiro atoms. The highest BCUT2D eigenvalue weighted by molar-refractivity contribution is 6.01. The van der Waals surface area contributed by atoms with Gasteiger partial charge in [0, 0.05) is 23.9 Å². The summed E-state index contributed by atoms with van der Waals surface area (Å²) >= 11 is 0. The molecular weight excluding hydrogens is 407 g/mol. The second kappa shape index (κ2) is 7.64. The molecule has 1 aromatic carbocycles. The van der Waals surface area contributed by atoms with Crippen LogP contribution in [0.25, 0.3) is 11.3 Å². The second-order valence-corrected chi connectivity index (χ2v) is 7.96. The second-order valence-electron chi connectivity index (χ2n) is 7.96. The van der Waals surface area contributed by atoms with Gasteiger partial charge in [0.2, 0.25) is 0 Å². The van der Waals surface area contributed by atoms with E-state index in [2.05, 4.69) is 34.1 Å². The number of hydrogen-bond acceptors (Lipinski definition) is 4. The molecular formula is C22H20F3N5O. The Bertz CT molecular complexity index is 1120. The Kier molecular flexibility index (Phi) is 5.12. The lowest BCUT2D eigenvalue weighted by molar-refractivity contribution is -0.137. The molecule has 0 fully saturated rings. The van der Waals surface area contributed by atoms with E-state index < -0.39 is 17.8 Å². The van der Waals surface area contributed by atoms with E-state index in [1.807, 2.05) is 6.07 Å². The minimum absolute atomic E-state index is 0.236. The van der Waals surface area contributed by atoms with E-state index in [1.54, 1.807) is 18.2 Å². The van der Waals surface area contributed by atoms with Crippen molar-refractivity contribution in [2.24, 2.45) is 0 Å². The standard InChI is InChI=1S/C22H20F3N5O/c1-21(2)9-11-30(20(31)29-18-8-10-26-13-27-18)19-16(21)6-7-17(28-19)14-4-3-5-15(12-14)22(23,24)25/h3-8,10,12-13H,9,11H2,1-2H3,(H,26,27,29,31). The number of carbonyl (C=O) groups excluding carboxylic acids is 1.